The molecule has 3 heterocycles. The number of nitrogens with zero attached hydrogens (tertiary/aromatic N) is 4. The zero-order valence-corrected chi connectivity index (χ0v) is 13.4. The van der Waals surface area contributed by atoms with E-state index in [-0.39, 0.29) is 0 Å². The van der Waals surface area contributed by atoms with Gasteiger partial charge in [0, 0.05) is 13.1 Å². The molecule has 0 saturated heterocycles. The van der Waals surface area contributed by atoms with Crippen LogP contribution in [0.4, 0.5) is 0 Å². The molecule has 0 bridgehead atoms. The molecule has 5 nitrogen and oxygen atoms in total. The number of hydroxylamine groups is 2. The molecule has 0 spiro atoms. The molecule has 0 aromatic carbocycles. The Bertz CT molecular complexity index is 559. The van der Waals surface area contributed by atoms with E-state index in [0.717, 1.165) is 44.0 Å². The molecule has 21 heavy (non-hydrogen) atoms. The second-order valence-corrected chi connectivity index (χ2v) is 5.69. The molecule has 3 rings (SSSR count). The summed E-state index contributed by atoms with van der Waals surface area (Å²) < 4.78 is 0. The van der Waals surface area contributed by atoms with Crippen LogP contribution in [0, 0.1) is 0 Å². The Kier molecular flexibility index (Phi) is 3.76. The molecule has 0 amide bonds. The van der Waals surface area contributed by atoms with Gasteiger partial charge in [-0.3, -0.25) is 9.83 Å². The predicted molar refractivity (Wildman–Crippen MR) is 84.0 cm³/mol. The summed E-state index contributed by atoms with van der Waals surface area (Å²) >= 11 is 0. The van der Waals surface area contributed by atoms with E-state index >= 15 is 0 Å². The second-order valence-electron chi connectivity index (χ2n) is 5.69. The number of allylic oxidation sites excluding steroid dienone is 2. The fourth-order valence-electron chi connectivity index (χ4n) is 3.31. The number of hydrogen-bond donors (Lipinski definition) is 0. The van der Waals surface area contributed by atoms with E-state index in [9.17, 15) is 0 Å². The highest BCUT2D eigenvalue weighted by atomic mass is 16.7. The van der Waals surface area contributed by atoms with Gasteiger partial charge in [-0.05, 0) is 30.9 Å². The van der Waals surface area contributed by atoms with E-state index in [1.54, 1.807) is 7.11 Å². The van der Waals surface area contributed by atoms with Crippen molar-refractivity contribution < 1.29 is 4.84 Å². The molecular formula is C16H24N4O. The summed E-state index contributed by atoms with van der Waals surface area (Å²) in [6.45, 7) is 9.46. The summed E-state index contributed by atoms with van der Waals surface area (Å²) in [6.07, 6.45) is 6.13. The van der Waals surface area contributed by atoms with Crippen molar-refractivity contribution in [2.45, 2.75) is 33.6 Å². The van der Waals surface area contributed by atoms with Crippen molar-refractivity contribution in [3.8, 4) is 0 Å². The van der Waals surface area contributed by atoms with Gasteiger partial charge in [0.1, 0.15) is 18.2 Å². The molecule has 114 valence electrons. The fourth-order valence-corrected chi connectivity index (χ4v) is 3.31. The summed E-state index contributed by atoms with van der Waals surface area (Å²) in [4.78, 5) is 14.9. The third-order valence-corrected chi connectivity index (χ3v) is 4.27. The molecule has 5 heteroatoms. The minimum atomic E-state index is 0.729. The molecule has 0 aliphatic carbocycles. The Morgan fingerprint density at radius 1 is 1.33 bits per heavy atom. The molecule has 0 fully saturated rings. The van der Waals surface area contributed by atoms with Crippen molar-refractivity contribution in [2.75, 3.05) is 26.9 Å². The minimum Gasteiger partial charge on any atom is -0.352 e. The van der Waals surface area contributed by atoms with Gasteiger partial charge >= 0.3 is 0 Å². The number of rotatable bonds is 4. The van der Waals surface area contributed by atoms with Gasteiger partial charge in [0.05, 0.1) is 25.2 Å². The lowest BCUT2D eigenvalue weighted by molar-refractivity contribution is -0.0971. The number of aliphatic imine (C=N–C) groups is 1. The Hall–Kier alpha value is -1.75. The van der Waals surface area contributed by atoms with Crippen molar-refractivity contribution in [2.24, 2.45) is 4.99 Å². The minimum absolute atomic E-state index is 0.729. The molecule has 0 atom stereocenters. The zero-order valence-electron chi connectivity index (χ0n) is 13.4. The molecule has 3 aliphatic rings. The molecule has 0 N–H and O–H groups in total. The lowest BCUT2D eigenvalue weighted by Crippen LogP contribution is -2.42. The molecule has 0 unspecified atom stereocenters. The van der Waals surface area contributed by atoms with Gasteiger partial charge in [0.15, 0.2) is 0 Å². The van der Waals surface area contributed by atoms with E-state index in [1.165, 1.54) is 17.0 Å². The summed E-state index contributed by atoms with van der Waals surface area (Å²) in [5.41, 5.74) is 5.08. The number of fused-ring (bicyclic) bond motifs is 2. The van der Waals surface area contributed by atoms with Crippen LogP contribution >= 0.6 is 0 Å². The van der Waals surface area contributed by atoms with Gasteiger partial charge in [-0.1, -0.05) is 13.8 Å². The maximum atomic E-state index is 5.35. The van der Waals surface area contributed by atoms with Crippen molar-refractivity contribution in [3.63, 3.8) is 0 Å². The zero-order chi connectivity index (χ0) is 15.0. The number of hydrogen-bond acceptors (Lipinski definition) is 5. The van der Waals surface area contributed by atoms with Crippen LogP contribution in [0.1, 0.15) is 33.6 Å². The van der Waals surface area contributed by atoms with E-state index in [2.05, 4.69) is 30.6 Å². The standard InChI is InChI=1S/C16H24N4O/c1-5-7-18-9-12(3)14(6-2)15-16(18)20-11-19(21-4)10-13(20)8-17-15/h8,10H,5-7,9,11H2,1-4H3. The van der Waals surface area contributed by atoms with Crippen molar-refractivity contribution in [3.05, 3.63) is 34.6 Å². The van der Waals surface area contributed by atoms with Gasteiger partial charge < -0.3 is 9.80 Å². The SMILES string of the molecule is CCCN1CC(C)=C(CC)C2=C1N1CN(OC)C=C1C=N2. The van der Waals surface area contributed by atoms with E-state index < -0.39 is 0 Å². The van der Waals surface area contributed by atoms with Crippen LogP contribution in [0.25, 0.3) is 0 Å². The van der Waals surface area contributed by atoms with E-state index in [0.29, 0.717) is 0 Å². The van der Waals surface area contributed by atoms with Crippen LogP contribution in [-0.2, 0) is 4.84 Å². The molecule has 3 aliphatic heterocycles. The van der Waals surface area contributed by atoms with Crippen LogP contribution < -0.4 is 0 Å². The first kappa shape index (κ1) is 14.2. The molecule has 0 aromatic rings. The first-order valence-electron chi connectivity index (χ1n) is 7.72. The summed E-state index contributed by atoms with van der Waals surface area (Å²) in [5, 5.41) is 1.85. The van der Waals surface area contributed by atoms with E-state index in [4.69, 9.17) is 9.83 Å². The first-order valence-corrected chi connectivity index (χ1v) is 7.72. The molecular weight excluding hydrogens is 264 g/mol. The average Bonchev–Trinajstić information content (AvgIpc) is 2.90. The quantitative estimate of drug-likeness (QED) is 0.796. The lowest BCUT2D eigenvalue weighted by atomic mass is 9.98. The highest BCUT2D eigenvalue weighted by Crippen LogP contribution is 2.37. The second kappa shape index (κ2) is 5.56. The third-order valence-electron chi connectivity index (χ3n) is 4.27. The van der Waals surface area contributed by atoms with Crippen LogP contribution in [0.5, 0.6) is 0 Å². The topological polar surface area (TPSA) is 31.3 Å². The lowest BCUT2D eigenvalue weighted by Gasteiger charge is -2.40. The van der Waals surface area contributed by atoms with Gasteiger partial charge in [-0.25, -0.2) is 5.06 Å². The average molecular weight is 288 g/mol. The smallest absolute Gasteiger partial charge is 0.137 e. The summed E-state index contributed by atoms with van der Waals surface area (Å²) in [6, 6.07) is 0. The monoisotopic (exact) mass is 288 g/mol. The maximum Gasteiger partial charge on any atom is 0.137 e. The Morgan fingerprint density at radius 3 is 2.81 bits per heavy atom. The van der Waals surface area contributed by atoms with Crippen molar-refractivity contribution >= 4 is 6.21 Å². The molecule has 0 saturated carbocycles. The van der Waals surface area contributed by atoms with Crippen LogP contribution in [0.3, 0.4) is 0 Å². The van der Waals surface area contributed by atoms with Gasteiger partial charge in [-0.15, -0.1) is 0 Å². The fraction of sp³-hybridized carbons (Fsp3) is 0.562. The largest absolute Gasteiger partial charge is 0.352 e. The predicted octanol–water partition coefficient (Wildman–Crippen LogP) is 2.67. The maximum absolute atomic E-state index is 5.35. The Morgan fingerprint density at radius 2 is 2.14 bits per heavy atom. The highest BCUT2D eigenvalue weighted by molar-refractivity contribution is 5.82. The van der Waals surface area contributed by atoms with Gasteiger partial charge in [0.25, 0.3) is 0 Å². The van der Waals surface area contributed by atoms with Crippen LogP contribution in [0.15, 0.2) is 39.6 Å². The highest BCUT2D eigenvalue weighted by Gasteiger charge is 2.35. The van der Waals surface area contributed by atoms with Crippen LogP contribution in [0.2, 0.25) is 0 Å². The van der Waals surface area contributed by atoms with Crippen molar-refractivity contribution in [1.29, 1.82) is 0 Å². The summed E-state index contributed by atoms with van der Waals surface area (Å²) in [7, 11) is 1.70. The third kappa shape index (κ3) is 2.25. The first-order chi connectivity index (χ1) is 10.2. The van der Waals surface area contributed by atoms with Gasteiger partial charge in [0.2, 0.25) is 0 Å². The normalized spacial score (nSPS) is 21.1. The molecule has 0 aromatic heterocycles. The Labute approximate surface area is 126 Å². The van der Waals surface area contributed by atoms with Gasteiger partial charge in [-0.2, -0.15) is 0 Å². The van der Waals surface area contributed by atoms with Crippen LogP contribution in [-0.4, -0.2) is 47.9 Å². The summed E-state index contributed by atoms with van der Waals surface area (Å²) in [5.74, 6) is 1.24. The van der Waals surface area contributed by atoms with Crippen molar-refractivity contribution in [1.82, 2.24) is 14.9 Å². The van der Waals surface area contributed by atoms with E-state index in [1.807, 2.05) is 17.5 Å². The Balaban J connectivity index is 2.04. The molecule has 0 radical (unpaired) electrons.